The summed E-state index contributed by atoms with van der Waals surface area (Å²) < 4.78 is 15.5. The normalized spacial score (nSPS) is 19.3. The smallest absolute Gasteiger partial charge is 0.240 e. The third-order valence-electron chi connectivity index (χ3n) is 4.25. The Balaban J connectivity index is 2.32. The Bertz CT molecular complexity index is 689. The van der Waals surface area contributed by atoms with E-state index in [0.717, 1.165) is 33.7 Å². The molecule has 2 aromatic heterocycles. The first kappa shape index (κ1) is 13.7. The van der Waals surface area contributed by atoms with Crippen molar-refractivity contribution < 1.29 is 9.47 Å². The molecule has 0 aliphatic carbocycles. The molecule has 0 saturated carbocycles. The molecule has 0 amide bonds. The molecule has 0 spiro atoms. The summed E-state index contributed by atoms with van der Waals surface area (Å²) in [7, 11) is 0. The molecule has 1 aliphatic rings. The van der Waals surface area contributed by atoms with Gasteiger partial charge in [0, 0.05) is 17.2 Å². The lowest BCUT2D eigenvalue weighted by Gasteiger charge is -2.45. The summed E-state index contributed by atoms with van der Waals surface area (Å²) in [5.41, 5.74) is 0.0856. The Labute approximate surface area is 127 Å². The van der Waals surface area contributed by atoms with Crippen LogP contribution in [0.4, 0.5) is 0 Å². The molecule has 20 heavy (non-hydrogen) atoms. The summed E-state index contributed by atoms with van der Waals surface area (Å²) in [6.07, 6.45) is 1.80. The van der Waals surface area contributed by atoms with Crippen molar-refractivity contribution in [1.29, 1.82) is 0 Å². The van der Waals surface area contributed by atoms with Gasteiger partial charge in [-0.2, -0.15) is 0 Å². The van der Waals surface area contributed by atoms with Gasteiger partial charge in [-0.3, -0.25) is 4.57 Å². The van der Waals surface area contributed by atoms with Crippen molar-refractivity contribution in [3.8, 4) is 11.6 Å². The van der Waals surface area contributed by atoms with Crippen molar-refractivity contribution in [1.82, 2.24) is 9.55 Å². The van der Waals surface area contributed by atoms with Crippen molar-refractivity contribution in [2.24, 2.45) is 0 Å². The van der Waals surface area contributed by atoms with Crippen molar-refractivity contribution in [3.63, 3.8) is 0 Å². The second kappa shape index (κ2) is 4.13. The Morgan fingerprint density at radius 3 is 2.50 bits per heavy atom. The molecule has 3 heterocycles. The van der Waals surface area contributed by atoms with Crippen LogP contribution in [0, 0.1) is 0 Å². The topological polar surface area (TPSA) is 36.3 Å². The lowest BCUT2D eigenvalue weighted by molar-refractivity contribution is -0.102. The van der Waals surface area contributed by atoms with Crippen LogP contribution in [-0.4, -0.2) is 20.8 Å². The molecule has 0 radical (unpaired) electrons. The van der Waals surface area contributed by atoms with Crippen molar-refractivity contribution in [3.05, 3.63) is 16.7 Å². The average Bonchev–Trinajstić information content (AvgIpc) is 2.61. The molecule has 1 aliphatic heterocycles. The van der Waals surface area contributed by atoms with Gasteiger partial charge in [-0.15, -0.1) is 0 Å². The van der Waals surface area contributed by atoms with Gasteiger partial charge in [-0.25, -0.2) is 4.98 Å². The fourth-order valence-electron chi connectivity index (χ4n) is 2.38. The van der Waals surface area contributed by atoms with Crippen molar-refractivity contribution in [2.75, 3.05) is 0 Å². The fraction of sp³-hybridized carbons (Fsp3) is 0.533. The second-order valence-electron chi connectivity index (χ2n) is 6.13. The minimum Gasteiger partial charge on any atom is -0.477 e. The molecule has 0 aromatic carbocycles. The molecule has 108 valence electrons. The van der Waals surface area contributed by atoms with Gasteiger partial charge in [0.25, 0.3) is 0 Å². The molecule has 0 fully saturated rings. The van der Waals surface area contributed by atoms with Gasteiger partial charge in [-0.05, 0) is 56.6 Å². The van der Waals surface area contributed by atoms with Crippen molar-refractivity contribution >= 4 is 27.0 Å². The summed E-state index contributed by atoms with van der Waals surface area (Å²) in [6.45, 7) is 11.1. The van der Waals surface area contributed by atoms with Crippen LogP contribution in [0.1, 0.15) is 34.6 Å². The highest BCUT2D eigenvalue weighted by Crippen LogP contribution is 2.48. The Hall–Kier alpha value is -1.23. The molecule has 0 N–H and O–H groups in total. The third kappa shape index (κ3) is 1.75. The van der Waals surface area contributed by atoms with Crippen LogP contribution in [0.15, 0.2) is 16.7 Å². The molecule has 3 rings (SSSR count). The number of ether oxygens (including phenoxy) is 2. The van der Waals surface area contributed by atoms with E-state index in [-0.39, 0.29) is 0 Å². The lowest BCUT2D eigenvalue weighted by Crippen LogP contribution is -2.56. The molecule has 2 aromatic rings. The van der Waals surface area contributed by atoms with Gasteiger partial charge in [-0.1, -0.05) is 0 Å². The molecular weight excluding hydrogens is 320 g/mol. The molecule has 0 unspecified atom stereocenters. The number of rotatable bonds is 1. The van der Waals surface area contributed by atoms with E-state index in [2.05, 4.69) is 60.1 Å². The number of pyridine rings is 1. The monoisotopic (exact) mass is 338 g/mol. The summed E-state index contributed by atoms with van der Waals surface area (Å²) in [5.74, 6) is 1.57. The van der Waals surface area contributed by atoms with E-state index >= 15 is 0 Å². The number of nitrogens with zero attached hydrogens (tertiary/aromatic N) is 2. The van der Waals surface area contributed by atoms with Crippen LogP contribution in [0.5, 0.6) is 11.6 Å². The Morgan fingerprint density at radius 1 is 1.20 bits per heavy atom. The Morgan fingerprint density at radius 2 is 1.85 bits per heavy atom. The summed E-state index contributed by atoms with van der Waals surface area (Å²) >= 11 is 3.47. The number of hydrogen-bond donors (Lipinski definition) is 0. The number of aryl methyl sites for hydroxylation is 1. The largest absolute Gasteiger partial charge is 0.477 e. The standard InChI is InChI=1S/C15H19BrN2O2/c1-6-18-12-10(7-9(16)8-17-12)11-13(18)20-15(4,5)14(2,3)19-11/h7-8H,6H2,1-5H3. The van der Waals surface area contributed by atoms with E-state index in [4.69, 9.17) is 9.47 Å². The van der Waals surface area contributed by atoms with Gasteiger partial charge in [0.15, 0.2) is 5.75 Å². The number of aromatic nitrogens is 2. The van der Waals surface area contributed by atoms with E-state index in [1.165, 1.54) is 0 Å². The summed E-state index contributed by atoms with van der Waals surface area (Å²) in [4.78, 5) is 4.51. The minimum absolute atomic E-state index is 0.404. The molecule has 5 heteroatoms. The van der Waals surface area contributed by atoms with Gasteiger partial charge < -0.3 is 9.47 Å². The van der Waals surface area contributed by atoms with Crippen LogP contribution in [0.3, 0.4) is 0 Å². The van der Waals surface area contributed by atoms with Gasteiger partial charge >= 0.3 is 0 Å². The van der Waals surface area contributed by atoms with E-state index in [0.29, 0.717) is 0 Å². The first-order valence-corrected chi connectivity index (χ1v) is 7.62. The maximum absolute atomic E-state index is 6.28. The third-order valence-corrected chi connectivity index (χ3v) is 4.68. The van der Waals surface area contributed by atoms with Crippen LogP contribution in [0.2, 0.25) is 0 Å². The summed E-state index contributed by atoms with van der Waals surface area (Å²) in [5, 5.41) is 0.986. The number of halogens is 1. The highest BCUT2D eigenvalue weighted by molar-refractivity contribution is 9.10. The van der Waals surface area contributed by atoms with Crippen LogP contribution >= 0.6 is 15.9 Å². The van der Waals surface area contributed by atoms with Crippen LogP contribution in [-0.2, 0) is 6.54 Å². The van der Waals surface area contributed by atoms with Crippen molar-refractivity contribution in [2.45, 2.75) is 52.4 Å². The van der Waals surface area contributed by atoms with Gasteiger partial charge in [0.1, 0.15) is 16.8 Å². The SMILES string of the molecule is CCn1c2c(c3cc(Br)cnc31)OC(C)(C)C(C)(C)O2. The van der Waals surface area contributed by atoms with Crippen LogP contribution in [0.25, 0.3) is 11.0 Å². The van der Waals surface area contributed by atoms with Crippen LogP contribution < -0.4 is 9.47 Å². The molecule has 4 nitrogen and oxygen atoms in total. The molecular formula is C15H19BrN2O2. The highest BCUT2D eigenvalue weighted by atomic mass is 79.9. The van der Waals surface area contributed by atoms with E-state index in [1.54, 1.807) is 6.20 Å². The number of hydrogen-bond acceptors (Lipinski definition) is 3. The zero-order valence-electron chi connectivity index (χ0n) is 12.5. The second-order valence-corrected chi connectivity index (χ2v) is 7.04. The first-order chi connectivity index (χ1) is 9.27. The average molecular weight is 339 g/mol. The zero-order valence-corrected chi connectivity index (χ0v) is 14.0. The predicted octanol–water partition coefficient (Wildman–Crippen LogP) is 4.15. The molecule has 0 saturated heterocycles. The first-order valence-electron chi connectivity index (χ1n) is 6.82. The predicted molar refractivity (Wildman–Crippen MR) is 82.5 cm³/mol. The quantitative estimate of drug-likeness (QED) is 0.783. The highest BCUT2D eigenvalue weighted by Gasteiger charge is 2.47. The molecule has 0 atom stereocenters. The van der Waals surface area contributed by atoms with E-state index in [9.17, 15) is 0 Å². The Kier molecular flexibility index (Phi) is 2.84. The molecule has 0 bridgehead atoms. The fourth-order valence-corrected chi connectivity index (χ4v) is 2.72. The van der Waals surface area contributed by atoms with E-state index < -0.39 is 11.2 Å². The maximum Gasteiger partial charge on any atom is 0.240 e. The maximum atomic E-state index is 6.28. The minimum atomic E-state index is -0.408. The summed E-state index contributed by atoms with van der Waals surface area (Å²) in [6, 6.07) is 2.03. The van der Waals surface area contributed by atoms with Gasteiger partial charge in [0.05, 0.1) is 5.39 Å². The lowest BCUT2D eigenvalue weighted by atomic mass is 9.88. The zero-order chi connectivity index (χ0) is 14.7. The van der Waals surface area contributed by atoms with E-state index in [1.807, 2.05) is 6.07 Å². The number of fused-ring (bicyclic) bond motifs is 3. The van der Waals surface area contributed by atoms with Gasteiger partial charge in [0.2, 0.25) is 5.88 Å².